The number of fused-ring (bicyclic) bond motifs is 1. The van der Waals surface area contributed by atoms with E-state index in [0.717, 1.165) is 0 Å². The maximum Gasteiger partial charge on any atom is 0.0374 e. The topological polar surface area (TPSA) is 12.0 Å². The molecule has 0 spiro atoms. The summed E-state index contributed by atoms with van der Waals surface area (Å²) >= 11 is 0. The molecule has 1 N–H and O–H groups in total. The molecule has 0 saturated heterocycles. The molecule has 0 aromatic heterocycles. The highest BCUT2D eigenvalue weighted by Gasteiger charge is 2.15. The van der Waals surface area contributed by atoms with E-state index in [0.29, 0.717) is 6.04 Å². The molecule has 0 fully saturated rings. The fourth-order valence-corrected chi connectivity index (χ4v) is 2.17. The first-order chi connectivity index (χ1) is 6.90. The van der Waals surface area contributed by atoms with Crippen molar-refractivity contribution in [1.29, 1.82) is 0 Å². The summed E-state index contributed by atoms with van der Waals surface area (Å²) in [5.41, 5.74) is 2.85. The average molecular weight is 189 g/mol. The highest BCUT2D eigenvalue weighted by molar-refractivity contribution is 5.53. The molecule has 1 heterocycles. The number of nitrogens with one attached hydrogen (secondary N) is 1. The van der Waals surface area contributed by atoms with Crippen LogP contribution in [0.3, 0.4) is 0 Å². The summed E-state index contributed by atoms with van der Waals surface area (Å²) < 4.78 is 0. The van der Waals surface area contributed by atoms with Crippen LogP contribution in [-0.4, -0.2) is 6.04 Å². The van der Waals surface area contributed by atoms with E-state index in [1.165, 1.54) is 43.4 Å². The van der Waals surface area contributed by atoms with Gasteiger partial charge in [0.1, 0.15) is 0 Å². The van der Waals surface area contributed by atoms with Crippen molar-refractivity contribution < 1.29 is 0 Å². The zero-order valence-corrected chi connectivity index (χ0v) is 8.92. The first-order valence-electron chi connectivity index (χ1n) is 5.74. The van der Waals surface area contributed by atoms with Gasteiger partial charge in [-0.2, -0.15) is 0 Å². The predicted octanol–water partition coefficient (Wildman–Crippen LogP) is 3.60. The predicted molar refractivity (Wildman–Crippen MR) is 61.7 cm³/mol. The lowest BCUT2D eigenvalue weighted by molar-refractivity contribution is 0.558. The Hall–Kier alpha value is -0.980. The van der Waals surface area contributed by atoms with Crippen molar-refractivity contribution in [2.24, 2.45) is 0 Å². The molecule has 2 rings (SSSR count). The van der Waals surface area contributed by atoms with E-state index >= 15 is 0 Å². The van der Waals surface area contributed by atoms with Gasteiger partial charge >= 0.3 is 0 Å². The standard InChI is InChI=1S/C13H19N/c1-2-3-7-12-10-9-11-6-4-5-8-13(11)14-12/h4-6,8,12,14H,2-3,7,9-10H2,1H3/t12-/m1/s1. The summed E-state index contributed by atoms with van der Waals surface area (Å²) in [6, 6.07) is 9.40. The van der Waals surface area contributed by atoms with E-state index in [9.17, 15) is 0 Å². The fraction of sp³-hybridized carbons (Fsp3) is 0.538. The molecule has 0 amide bonds. The van der Waals surface area contributed by atoms with Gasteiger partial charge in [0.15, 0.2) is 0 Å². The van der Waals surface area contributed by atoms with Crippen molar-refractivity contribution in [3.63, 3.8) is 0 Å². The second-order valence-corrected chi connectivity index (χ2v) is 4.18. The molecule has 76 valence electrons. The third kappa shape index (κ3) is 2.09. The smallest absolute Gasteiger partial charge is 0.0374 e. The van der Waals surface area contributed by atoms with Crippen molar-refractivity contribution in [3.05, 3.63) is 29.8 Å². The van der Waals surface area contributed by atoms with Crippen LogP contribution in [0, 0.1) is 0 Å². The monoisotopic (exact) mass is 189 g/mol. The van der Waals surface area contributed by atoms with Crippen LogP contribution in [0.5, 0.6) is 0 Å². The lowest BCUT2D eigenvalue weighted by atomic mass is 9.95. The van der Waals surface area contributed by atoms with Gasteiger partial charge in [-0.1, -0.05) is 38.0 Å². The lowest BCUT2D eigenvalue weighted by Gasteiger charge is -2.26. The Bertz CT molecular complexity index is 293. The van der Waals surface area contributed by atoms with Crippen molar-refractivity contribution >= 4 is 5.69 Å². The van der Waals surface area contributed by atoms with Crippen molar-refractivity contribution in [2.75, 3.05) is 5.32 Å². The second-order valence-electron chi connectivity index (χ2n) is 4.18. The Labute approximate surface area is 86.5 Å². The number of para-hydroxylation sites is 1. The molecular weight excluding hydrogens is 170 g/mol. The fourth-order valence-electron chi connectivity index (χ4n) is 2.17. The summed E-state index contributed by atoms with van der Waals surface area (Å²) in [5.74, 6) is 0. The minimum atomic E-state index is 0.713. The van der Waals surface area contributed by atoms with E-state index in [1.54, 1.807) is 0 Å². The summed E-state index contributed by atoms with van der Waals surface area (Å²) in [6.07, 6.45) is 6.53. The molecule has 1 atom stereocenters. The number of unbranched alkanes of at least 4 members (excludes halogenated alkanes) is 1. The van der Waals surface area contributed by atoms with E-state index in [1.807, 2.05) is 0 Å². The van der Waals surface area contributed by atoms with Crippen LogP contribution in [0.15, 0.2) is 24.3 Å². The molecule has 0 unspecified atom stereocenters. The highest BCUT2D eigenvalue weighted by Crippen LogP contribution is 2.26. The number of rotatable bonds is 3. The van der Waals surface area contributed by atoms with Gasteiger partial charge in [-0.25, -0.2) is 0 Å². The zero-order chi connectivity index (χ0) is 9.80. The van der Waals surface area contributed by atoms with Gasteiger partial charge in [0, 0.05) is 11.7 Å². The van der Waals surface area contributed by atoms with E-state index in [2.05, 4.69) is 36.5 Å². The van der Waals surface area contributed by atoms with Gasteiger partial charge in [-0.3, -0.25) is 0 Å². The van der Waals surface area contributed by atoms with Crippen LogP contribution in [-0.2, 0) is 6.42 Å². The van der Waals surface area contributed by atoms with E-state index < -0.39 is 0 Å². The largest absolute Gasteiger partial charge is 0.382 e. The molecule has 14 heavy (non-hydrogen) atoms. The molecule has 0 radical (unpaired) electrons. The van der Waals surface area contributed by atoms with Crippen LogP contribution >= 0.6 is 0 Å². The lowest BCUT2D eigenvalue weighted by Crippen LogP contribution is -2.25. The second kappa shape index (κ2) is 4.50. The highest BCUT2D eigenvalue weighted by atomic mass is 14.9. The van der Waals surface area contributed by atoms with Crippen LogP contribution in [0.4, 0.5) is 5.69 Å². The van der Waals surface area contributed by atoms with Gasteiger partial charge < -0.3 is 5.32 Å². The number of hydrogen-bond donors (Lipinski definition) is 1. The molecular formula is C13H19N. The third-order valence-corrected chi connectivity index (χ3v) is 3.05. The Kier molecular flexibility index (Phi) is 3.07. The first kappa shape index (κ1) is 9.57. The molecule has 1 nitrogen and oxygen atoms in total. The number of aryl methyl sites for hydroxylation is 1. The maximum atomic E-state index is 3.63. The Morgan fingerprint density at radius 1 is 1.36 bits per heavy atom. The third-order valence-electron chi connectivity index (χ3n) is 3.05. The molecule has 0 bridgehead atoms. The molecule has 1 aromatic rings. The van der Waals surface area contributed by atoms with E-state index in [-0.39, 0.29) is 0 Å². The maximum absolute atomic E-state index is 3.63. The summed E-state index contributed by atoms with van der Waals surface area (Å²) in [6.45, 7) is 2.26. The van der Waals surface area contributed by atoms with Crippen molar-refractivity contribution in [1.82, 2.24) is 0 Å². The Morgan fingerprint density at radius 2 is 2.21 bits per heavy atom. The molecule has 0 aliphatic carbocycles. The minimum absolute atomic E-state index is 0.713. The van der Waals surface area contributed by atoms with Gasteiger partial charge in [-0.05, 0) is 30.9 Å². The van der Waals surface area contributed by atoms with Gasteiger partial charge in [-0.15, -0.1) is 0 Å². The van der Waals surface area contributed by atoms with Crippen molar-refractivity contribution in [2.45, 2.75) is 45.1 Å². The summed E-state index contributed by atoms with van der Waals surface area (Å²) in [4.78, 5) is 0. The molecule has 1 heteroatoms. The molecule has 1 aromatic carbocycles. The number of hydrogen-bond acceptors (Lipinski definition) is 1. The van der Waals surface area contributed by atoms with Crippen molar-refractivity contribution in [3.8, 4) is 0 Å². The van der Waals surface area contributed by atoms with Crippen LogP contribution in [0.2, 0.25) is 0 Å². The Balaban J connectivity index is 1.99. The average Bonchev–Trinajstić information content (AvgIpc) is 2.26. The van der Waals surface area contributed by atoms with E-state index in [4.69, 9.17) is 0 Å². The first-order valence-corrected chi connectivity index (χ1v) is 5.74. The zero-order valence-electron chi connectivity index (χ0n) is 8.92. The van der Waals surface area contributed by atoms with Gasteiger partial charge in [0.25, 0.3) is 0 Å². The number of benzene rings is 1. The summed E-state index contributed by atoms with van der Waals surface area (Å²) in [5, 5.41) is 3.63. The molecule has 1 aliphatic heterocycles. The van der Waals surface area contributed by atoms with Crippen LogP contribution < -0.4 is 5.32 Å². The SMILES string of the molecule is CCCC[C@@H]1CCc2ccccc2N1. The number of anilines is 1. The normalized spacial score (nSPS) is 19.9. The quantitative estimate of drug-likeness (QED) is 0.766. The Morgan fingerprint density at radius 3 is 3.07 bits per heavy atom. The van der Waals surface area contributed by atoms with Gasteiger partial charge in [0.2, 0.25) is 0 Å². The molecule has 1 aliphatic rings. The molecule has 0 saturated carbocycles. The van der Waals surface area contributed by atoms with Crippen LogP contribution in [0.1, 0.15) is 38.2 Å². The minimum Gasteiger partial charge on any atom is -0.382 e. The van der Waals surface area contributed by atoms with Gasteiger partial charge in [0.05, 0.1) is 0 Å². The summed E-state index contributed by atoms with van der Waals surface area (Å²) in [7, 11) is 0. The van der Waals surface area contributed by atoms with Crippen LogP contribution in [0.25, 0.3) is 0 Å².